The number of ether oxygens (including phenoxy) is 1. The standard InChI is InChI=1S/C16H26N2O/c1-3-7-15(14-8-5-4-6-9-14)18-10-11-19-16(12-18)13(2)17/h4-6,8-9,13,15-16H,3,7,10-12,17H2,1-2H3. The lowest BCUT2D eigenvalue weighted by Gasteiger charge is -2.39. The third-order valence-corrected chi connectivity index (χ3v) is 3.90. The molecule has 0 spiro atoms. The van der Waals surface area contributed by atoms with Crippen LogP contribution >= 0.6 is 0 Å². The van der Waals surface area contributed by atoms with Gasteiger partial charge in [0.25, 0.3) is 0 Å². The molecule has 1 aromatic rings. The van der Waals surface area contributed by atoms with Crippen LogP contribution in [0, 0.1) is 0 Å². The Bertz CT molecular complexity index is 366. The predicted octanol–water partition coefficient (Wildman–Crippen LogP) is 2.58. The van der Waals surface area contributed by atoms with Crippen molar-refractivity contribution in [2.24, 2.45) is 5.73 Å². The van der Waals surface area contributed by atoms with Crippen LogP contribution < -0.4 is 5.73 Å². The molecule has 1 fully saturated rings. The number of hydrogen-bond acceptors (Lipinski definition) is 3. The van der Waals surface area contributed by atoms with Crippen molar-refractivity contribution in [1.82, 2.24) is 4.90 Å². The van der Waals surface area contributed by atoms with E-state index in [2.05, 4.69) is 42.2 Å². The Balaban J connectivity index is 2.10. The molecule has 1 aliphatic rings. The molecule has 3 unspecified atom stereocenters. The van der Waals surface area contributed by atoms with E-state index in [0.29, 0.717) is 6.04 Å². The topological polar surface area (TPSA) is 38.5 Å². The Kier molecular flexibility index (Phi) is 5.37. The molecule has 3 heteroatoms. The quantitative estimate of drug-likeness (QED) is 0.886. The zero-order chi connectivity index (χ0) is 13.7. The maximum atomic E-state index is 5.99. The fourth-order valence-corrected chi connectivity index (χ4v) is 2.81. The minimum absolute atomic E-state index is 0.0980. The van der Waals surface area contributed by atoms with Crippen molar-refractivity contribution < 1.29 is 4.74 Å². The van der Waals surface area contributed by atoms with Crippen molar-refractivity contribution in [3.05, 3.63) is 35.9 Å². The van der Waals surface area contributed by atoms with Gasteiger partial charge in [0, 0.05) is 25.2 Å². The summed E-state index contributed by atoms with van der Waals surface area (Å²) in [4.78, 5) is 2.54. The van der Waals surface area contributed by atoms with Crippen molar-refractivity contribution in [2.75, 3.05) is 19.7 Å². The molecule has 0 aliphatic carbocycles. The van der Waals surface area contributed by atoms with Gasteiger partial charge in [-0.15, -0.1) is 0 Å². The summed E-state index contributed by atoms with van der Waals surface area (Å²) in [5.74, 6) is 0. The largest absolute Gasteiger partial charge is 0.374 e. The smallest absolute Gasteiger partial charge is 0.0850 e. The highest BCUT2D eigenvalue weighted by molar-refractivity contribution is 5.19. The zero-order valence-electron chi connectivity index (χ0n) is 12.1. The normalized spacial score (nSPS) is 24.1. The first-order chi connectivity index (χ1) is 9.22. The van der Waals surface area contributed by atoms with Crippen LogP contribution in [0.3, 0.4) is 0 Å². The van der Waals surface area contributed by atoms with Crippen LogP contribution in [0.5, 0.6) is 0 Å². The molecule has 0 aromatic heterocycles. The third kappa shape index (κ3) is 3.78. The molecule has 1 heterocycles. The van der Waals surface area contributed by atoms with Gasteiger partial charge < -0.3 is 10.5 Å². The Hall–Kier alpha value is -0.900. The number of hydrogen-bond donors (Lipinski definition) is 1. The van der Waals surface area contributed by atoms with Crippen molar-refractivity contribution in [1.29, 1.82) is 0 Å². The lowest BCUT2D eigenvalue weighted by atomic mass is 9.99. The number of morpholine rings is 1. The van der Waals surface area contributed by atoms with E-state index in [4.69, 9.17) is 10.5 Å². The Morgan fingerprint density at radius 1 is 1.37 bits per heavy atom. The van der Waals surface area contributed by atoms with Gasteiger partial charge >= 0.3 is 0 Å². The van der Waals surface area contributed by atoms with Gasteiger partial charge in [-0.1, -0.05) is 43.7 Å². The van der Waals surface area contributed by atoms with Gasteiger partial charge in [0.15, 0.2) is 0 Å². The molecule has 1 aromatic carbocycles. The molecule has 0 radical (unpaired) electrons. The molecule has 1 aliphatic heterocycles. The van der Waals surface area contributed by atoms with Crippen LogP contribution in [0.1, 0.15) is 38.3 Å². The maximum Gasteiger partial charge on any atom is 0.0850 e. The van der Waals surface area contributed by atoms with Gasteiger partial charge in [0.2, 0.25) is 0 Å². The first-order valence-corrected chi connectivity index (χ1v) is 7.38. The lowest BCUT2D eigenvalue weighted by molar-refractivity contribution is -0.0533. The van der Waals surface area contributed by atoms with E-state index in [1.807, 2.05) is 6.92 Å². The summed E-state index contributed by atoms with van der Waals surface area (Å²) in [6.45, 7) is 7.02. The van der Waals surface area contributed by atoms with Crippen LogP contribution in [0.15, 0.2) is 30.3 Å². The maximum absolute atomic E-state index is 5.99. The molecule has 0 amide bonds. The van der Waals surface area contributed by atoms with E-state index < -0.39 is 0 Å². The highest BCUT2D eigenvalue weighted by Gasteiger charge is 2.28. The molecule has 0 bridgehead atoms. The molecular weight excluding hydrogens is 236 g/mol. The van der Waals surface area contributed by atoms with Crippen molar-refractivity contribution in [3.63, 3.8) is 0 Å². The van der Waals surface area contributed by atoms with E-state index >= 15 is 0 Å². The molecule has 1 saturated heterocycles. The Morgan fingerprint density at radius 3 is 2.74 bits per heavy atom. The van der Waals surface area contributed by atoms with Gasteiger partial charge in [0.1, 0.15) is 0 Å². The molecule has 3 nitrogen and oxygen atoms in total. The molecule has 3 atom stereocenters. The second-order valence-corrected chi connectivity index (χ2v) is 5.48. The van der Waals surface area contributed by atoms with Gasteiger partial charge in [-0.2, -0.15) is 0 Å². The van der Waals surface area contributed by atoms with E-state index in [1.165, 1.54) is 18.4 Å². The molecule has 0 saturated carbocycles. The molecular formula is C16H26N2O. The van der Waals surface area contributed by atoms with E-state index in [0.717, 1.165) is 19.7 Å². The predicted molar refractivity (Wildman–Crippen MR) is 79.1 cm³/mol. The van der Waals surface area contributed by atoms with Gasteiger partial charge in [-0.3, -0.25) is 4.90 Å². The summed E-state index contributed by atoms with van der Waals surface area (Å²) in [5, 5.41) is 0. The van der Waals surface area contributed by atoms with Crippen molar-refractivity contribution in [3.8, 4) is 0 Å². The number of nitrogens with two attached hydrogens (primary N) is 1. The van der Waals surface area contributed by atoms with Crippen LogP contribution in [0.4, 0.5) is 0 Å². The lowest BCUT2D eigenvalue weighted by Crippen LogP contribution is -2.50. The molecule has 2 N–H and O–H groups in total. The zero-order valence-corrected chi connectivity index (χ0v) is 12.1. The van der Waals surface area contributed by atoms with Crippen LogP contribution in [0.25, 0.3) is 0 Å². The number of nitrogens with zero attached hydrogens (tertiary/aromatic N) is 1. The Morgan fingerprint density at radius 2 is 2.11 bits per heavy atom. The SMILES string of the molecule is CCCC(c1ccccc1)N1CCOC(C(C)N)C1. The fourth-order valence-electron chi connectivity index (χ4n) is 2.81. The summed E-state index contributed by atoms with van der Waals surface area (Å²) < 4.78 is 5.77. The number of benzene rings is 1. The number of rotatable bonds is 5. The Labute approximate surface area is 116 Å². The summed E-state index contributed by atoms with van der Waals surface area (Å²) >= 11 is 0. The summed E-state index contributed by atoms with van der Waals surface area (Å²) in [5.41, 5.74) is 7.40. The summed E-state index contributed by atoms with van der Waals surface area (Å²) in [6, 6.07) is 11.4. The van der Waals surface area contributed by atoms with Gasteiger partial charge in [-0.25, -0.2) is 0 Å². The molecule has 19 heavy (non-hydrogen) atoms. The van der Waals surface area contributed by atoms with Crippen LogP contribution in [0.2, 0.25) is 0 Å². The first-order valence-electron chi connectivity index (χ1n) is 7.38. The molecule has 2 rings (SSSR count). The highest BCUT2D eigenvalue weighted by Crippen LogP contribution is 2.27. The minimum atomic E-state index is 0.0980. The van der Waals surface area contributed by atoms with Gasteiger partial charge in [-0.05, 0) is 18.9 Å². The van der Waals surface area contributed by atoms with Crippen LogP contribution in [-0.4, -0.2) is 36.7 Å². The fraction of sp³-hybridized carbons (Fsp3) is 0.625. The highest BCUT2D eigenvalue weighted by atomic mass is 16.5. The minimum Gasteiger partial charge on any atom is -0.374 e. The average molecular weight is 262 g/mol. The second-order valence-electron chi connectivity index (χ2n) is 5.48. The van der Waals surface area contributed by atoms with E-state index in [9.17, 15) is 0 Å². The van der Waals surface area contributed by atoms with E-state index in [1.54, 1.807) is 0 Å². The molecule has 106 valence electrons. The summed E-state index contributed by atoms with van der Waals surface area (Å²) in [7, 11) is 0. The monoisotopic (exact) mass is 262 g/mol. The third-order valence-electron chi connectivity index (χ3n) is 3.90. The van der Waals surface area contributed by atoms with E-state index in [-0.39, 0.29) is 12.1 Å². The van der Waals surface area contributed by atoms with Crippen molar-refractivity contribution >= 4 is 0 Å². The van der Waals surface area contributed by atoms with Gasteiger partial charge in [0.05, 0.1) is 12.7 Å². The second kappa shape index (κ2) is 7.04. The average Bonchev–Trinajstić information content (AvgIpc) is 2.46. The van der Waals surface area contributed by atoms with Crippen molar-refractivity contribution in [2.45, 2.75) is 44.9 Å². The first kappa shape index (κ1) is 14.5. The van der Waals surface area contributed by atoms with Crippen LogP contribution in [-0.2, 0) is 4.74 Å². The summed E-state index contributed by atoms with van der Waals surface area (Å²) in [6.07, 6.45) is 2.55.